The molecule has 4 nitrogen and oxygen atoms in total. The lowest BCUT2D eigenvalue weighted by atomic mass is 9.83. The Kier molecular flexibility index (Phi) is 4.86. The van der Waals surface area contributed by atoms with Crippen LogP contribution < -0.4 is 0 Å². The van der Waals surface area contributed by atoms with Crippen LogP contribution in [0.2, 0.25) is 0 Å². The molecule has 0 atom stereocenters. The first kappa shape index (κ1) is 15.1. The van der Waals surface area contributed by atoms with Crippen molar-refractivity contribution in [1.82, 2.24) is 9.80 Å². The molecule has 0 N–H and O–H groups in total. The summed E-state index contributed by atoms with van der Waals surface area (Å²) in [5.41, 5.74) is -0.0644. The molecule has 1 saturated heterocycles. The molecular formula is C16H26N2O2. The summed E-state index contributed by atoms with van der Waals surface area (Å²) < 4.78 is 5.65. The van der Waals surface area contributed by atoms with E-state index in [0.717, 1.165) is 44.5 Å². The lowest BCUT2D eigenvalue weighted by Crippen LogP contribution is -2.51. The predicted molar refractivity (Wildman–Crippen MR) is 79.4 cm³/mol. The van der Waals surface area contributed by atoms with Crippen LogP contribution in [-0.4, -0.2) is 42.9 Å². The third-order valence-corrected chi connectivity index (χ3v) is 4.52. The number of furan rings is 1. The van der Waals surface area contributed by atoms with E-state index in [1.807, 2.05) is 11.0 Å². The Balaban J connectivity index is 2.02. The lowest BCUT2D eigenvalue weighted by Gasteiger charge is -2.44. The number of carbonyl (C=O) groups is 1. The standard InChI is InChI=1S/C16H26N2O2/c1-4-5-8-15(19)18-11-9-16(10-12-18,17(2)3)14-7-6-13-20-14/h6-7,13H,4-5,8-12H2,1-3H3. The Hall–Kier alpha value is -1.29. The van der Waals surface area contributed by atoms with Crippen LogP contribution in [0.1, 0.15) is 44.8 Å². The highest BCUT2D eigenvalue weighted by atomic mass is 16.3. The van der Waals surface area contributed by atoms with Crippen molar-refractivity contribution in [1.29, 1.82) is 0 Å². The minimum Gasteiger partial charge on any atom is -0.467 e. The molecule has 0 bridgehead atoms. The maximum Gasteiger partial charge on any atom is 0.222 e. The highest BCUT2D eigenvalue weighted by molar-refractivity contribution is 5.76. The van der Waals surface area contributed by atoms with Gasteiger partial charge in [0.2, 0.25) is 5.91 Å². The van der Waals surface area contributed by atoms with Crippen molar-refractivity contribution < 1.29 is 9.21 Å². The second-order valence-electron chi connectivity index (χ2n) is 5.89. The molecule has 1 aliphatic heterocycles. The highest BCUT2D eigenvalue weighted by Crippen LogP contribution is 2.37. The van der Waals surface area contributed by atoms with E-state index in [9.17, 15) is 4.79 Å². The Morgan fingerprint density at radius 2 is 2.10 bits per heavy atom. The van der Waals surface area contributed by atoms with Gasteiger partial charge in [0.1, 0.15) is 5.76 Å². The van der Waals surface area contributed by atoms with Crippen molar-refractivity contribution in [3.05, 3.63) is 24.2 Å². The summed E-state index contributed by atoms with van der Waals surface area (Å²) in [5.74, 6) is 1.32. The maximum absolute atomic E-state index is 12.1. The summed E-state index contributed by atoms with van der Waals surface area (Å²) in [7, 11) is 4.19. The Morgan fingerprint density at radius 3 is 2.60 bits per heavy atom. The second kappa shape index (κ2) is 6.44. The number of likely N-dealkylation sites (tertiary alicyclic amines) is 1. The molecule has 0 radical (unpaired) electrons. The molecule has 1 fully saturated rings. The van der Waals surface area contributed by atoms with E-state index in [2.05, 4.69) is 32.0 Å². The molecule has 20 heavy (non-hydrogen) atoms. The number of hydrogen-bond donors (Lipinski definition) is 0. The van der Waals surface area contributed by atoms with Crippen LogP contribution in [0.4, 0.5) is 0 Å². The molecule has 0 aromatic carbocycles. The SMILES string of the molecule is CCCCC(=O)N1CCC(c2ccco2)(N(C)C)CC1. The molecule has 0 unspecified atom stereocenters. The molecule has 1 aromatic rings. The average Bonchev–Trinajstić information content (AvgIpc) is 2.99. The van der Waals surface area contributed by atoms with Crippen LogP contribution in [0.5, 0.6) is 0 Å². The Labute approximate surface area is 121 Å². The number of hydrogen-bond acceptors (Lipinski definition) is 3. The van der Waals surface area contributed by atoms with Gasteiger partial charge in [0.05, 0.1) is 11.8 Å². The van der Waals surface area contributed by atoms with E-state index in [1.54, 1.807) is 6.26 Å². The van der Waals surface area contributed by atoms with Gasteiger partial charge < -0.3 is 9.32 Å². The van der Waals surface area contributed by atoms with Gasteiger partial charge in [-0.15, -0.1) is 0 Å². The van der Waals surface area contributed by atoms with Gasteiger partial charge >= 0.3 is 0 Å². The minimum atomic E-state index is -0.0644. The zero-order valence-corrected chi connectivity index (χ0v) is 12.9. The second-order valence-corrected chi connectivity index (χ2v) is 5.89. The molecule has 112 valence electrons. The zero-order valence-electron chi connectivity index (χ0n) is 12.9. The van der Waals surface area contributed by atoms with Crippen molar-refractivity contribution in [3.63, 3.8) is 0 Å². The molecular weight excluding hydrogens is 252 g/mol. The first-order valence-corrected chi connectivity index (χ1v) is 7.59. The molecule has 0 spiro atoms. The third-order valence-electron chi connectivity index (χ3n) is 4.52. The average molecular weight is 278 g/mol. The molecule has 2 heterocycles. The van der Waals surface area contributed by atoms with Crippen LogP contribution in [0.25, 0.3) is 0 Å². The Morgan fingerprint density at radius 1 is 1.40 bits per heavy atom. The summed E-state index contributed by atoms with van der Waals surface area (Å²) in [5, 5.41) is 0. The number of carbonyl (C=O) groups excluding carboxylic acids is 1. The van der Waals surface area contributed by atoms with Crippen molar-refractivity contribution in [3.8, 4) is 0 Å². The molecule has 0 saturated carbocycles. The summed E-state index contributed by atoms with van der Waals surface area (Å²) >= 11 is 0. The van der Waals surface area contributed by atoms with Gasteiger partial charge in [0.25, 0.3) is 0 Å². The molecule has 1 aromatic heterocycles. The Bertz CT molecular complexity index is 418. The number of rotatable bonds is 5. The number of amides is 1. The maximum atomic E-state index is 12.1. The lowest BCUT2D eigenvalue weighted by molar-refractivity contribution is -0.134. The topological polar surface area (TPSA) is 36.7 Å². The van der Waals surface area contributed by atoms with E-state index in [0.29, 0.717) is 12.3 Å². The van der Waals surface area contributed by atoms with Gasteiger partial charge in [-0.1, -0.05) is 13.3 Å². The van der Waals surface area contributed by atoms with Crippen LogP contribution in [-0.2, 0) is 10.3 Å². The molecule has 1 amide bonds. The molecule has 2 rings (SSSR count). The summed E-state index contributed by atoms with van der Waals surface area (Å²) in [6.45, 7) is 3.76. The molecule has 4 heteroatoms. The predicted octanol–water partition coefficient (Wildman–Crippen LogP) is 2.85. The zero-order chi connectivity index (χ0) is 14.6. The van der Waals surface area contributed by atoms with E-state index < -0.39 is 0 Å². The fourth-order valence-electron chi connectivity index (χ4n) is 3.07. The smallest absolute Gasteiger partial charge is 0.222 e. The van der Waals surface area contributed by atoms with E-state index in [-0.39, 0.29) is 5.54 Å². The normalized spacial score (nSPS) is 18.5. The van der Waals surface area contributed by atoms with E-state index in [4.69, 9.17) is 4.42 Å². The summed E-state index contributed by atoms with van der Waals surface area (Å²) in [6.07, 6.45) is 6.36. The number of nitrogens with zero attached hydrogens (tertiary/aromatic N) is 2. The van der Waals surface area contributed by atoms with Crippen molar-refractivity contribution in [2.24, 2.45) is 0 Å². The highest BCUT2D eigenvalue weighted by Gasteiger charge is 2.41. The van der Waals surface area contributed by atoms with Crippen LogP contribution in [0.3, 0.4) is 0 Å². The molecule has 1 aliphatic rings. The number of piperidine rings is 1. The number of unbranched alkanes of at least 4 members (excludes halogenated alkanes) is 1. The van der Waals surface area contributed by atoms with Crippen LogP contribution >= 0.6 is 0 Å². The van der Waals surface area contributed by atoms with Gasteiger partial charge in [-0.25, -0.2) is 0 Å². The van der Waals surface area contributed by atoms with Crippen LogP contribution in [0, 0.1) is 0 Å². The van der Waals surface area contributed by atoms with Crippen molar-refractivity contribution >= 4 is 5.91 Å². The van der Waals surface area contributed by atoms with Crippen LogP contribution in [0.15, 0.2) is 22.8 Å². The van der Waals surface area contributed by atoms with Gasteiger partial charge in [-0.2, -0.15) is 0 Å². The van der Waals surface area contributed by atoms with Gasteiger partial charge in [0, 0.05) is 19.5 Å². The largest absolute Gasteiger partial charge is 0.467 e. The van der Waals surface area contributed by atoms with Crippen molar-refractivity contribution in [2.75, 3.05) is 27.2 Å². The minimum absolute atomic E-state index is 0.0644. The van der Waals surface area contributed by atoms with Gasteiger partial charge in [-0.05, 0) is 45.5 Å². The van der Waals surface area contributed by atoms with Crippen molar-refractivity contribution in [2.45, 2.75) is 44.6 Å². The first-order chi connectivity index (χ1) is 9.60. The third kappa shape index (κ3) is 2.90. The summed E-state index contributed by atoms with van der Waals surface area (Å²) in [4.78, 5) is 16.4. The summed E-state index contributed by atoms with van der Waals surface area (Å²) in [6, 6.07) is 3.99. The van der Waals surface area contributed by atoms with Gasteiger partial charge in [-0.3, -0.25) is 9.69 Å². The quantitative estimate of drug-likeness (QED) is 0.831. The fourth-order valence-corrected chi connectivity index (χ4v) is 3.07. The van der Waals surface area contributed by atoms with E-state index >= 15 is 0 Å². The molecule has 0 aliphatic carbocycles. The van der Waals surface area contributed by atoms with E-state index in [1.165, 1.54) is 0 Å². The van der Waals surface area contributed by atoms with Gasteiger partial charge in [0.15, 0.2) is 0 Å². The monoisotopic (exact) mass is 278 g/mol. The fraction of sp³-hybridized carbons (Fsp3) is 0.688. The first-order valence-electron chi connectivity index (χ1n) is 7.59.